The number of anilines is 1. The highest BCUT2D eigenvalue weighted by molar-refractivity contribution is 7.80. The van der Waals surface area contributed by atoms with E-state index in [4.69, 9.17) is 21.7 Å². The van der Waals surface area contributed by atoms with E-state index >= 15 is 0 Å². The molecule has 1 amide bonds. The minimum absolute atomic E-state index is 0.229. The topological polar surface area (TPSA) is 59.6 Å². The molecule has 6 heteroatoms. The molecule has 0 aromatic heterocycles. The third-order valence-corrected chi connectivity index (χ3v) is 5.41. The molecule has 2 N–H and O–H groups in total. The first kappa shape index (κ1) is 21.1. The molecule has 0 spiro atoms. The van der Waals surface area contributed by atoms with Crippen molar-refractivity contribution in [2.75, 3.05) is 19.0 Å². The molecule has 0 unspecified atom stereocenters. The van der Waals surface area contributed by atoms with Crippen molar-refractivity contribution in [2.45, 2.75) is 38.5 Å². The van der Waals surface area contributed by atoms with Crippen LogP contribution >= 0.6 is 12.2 Å². The largest absolute Gasteiger partial charge is 0.496 e. The zero-order valence-electron chi connectivity index (χ0n) is 16.8. The lowest BCUT2D eigenvalue weighted by atomic mass is 9.87. The Kier molecular flexibility index (Phi) is 7.87. The molecule has 1 aliphatic carbocycles. The Bertz CT molecular complexity index is 817. The number of para-hydroxylation sites is 1. The number of thiocarbonyl (C=S) groups is 1. The summed E-state index contributed by atoms with van der Waals surface area (Å²) in [5.74, 6) is 1.84. The van der Waals surface area contributed by atoms with Gasteiger partial charge in [0.05, 0.1) is 19.3 Å². The summed E-state index contributed by atoms with van der Waals surface area (Å²) < 4.78 is 11.1. The maximum Gasteiger partial charge on any atom is 0.261 e. The minimum Gasteiger partial charge on any atom is -0.496 e. The van der Waals surface area contributed by atoms with Crippen LogP contribution in [0, 0.1) is 5.92 Å². The highest BCUT2D eigenvalue weighted by Crippen LogP contribution is 2.26. The number of hydrogen-bond acceptors (Lipinski definition) is 4. The number of benzene rings is 2. The number of hydrogen-bond donors (Lipinski definition) is 2. The van der Waals surface area contributed by atoms with Crippen LogP contribution in [-0.2, 0) is 0 Å². The first-order chi connectivity index (χ1) is 14.2. The van der Waals surface area contributed by atoms with E-state index in [-0.39, 0.29) is 11.0 Å². The van der Waals surface area contributed by atoms with Gasteiger partial charge in [-0.1, -0.05) is 44.2 Å². The molecular weight excluding hydrogens is 384 g/mol. The van der Waals surface area contributed by atoms with Gasteiger partial charge in [0, 0.05) is 5.69 Å². The molecule has 1 aliphatic rings. The highest BCUT2D eigenvalue weighted by atomic mass is 32.1. The molecule has 154 valence electrons. The zero-order chi connectivity index (χ0) is 20.5. The van der Waals surface area contributed by atoms with Gasteiger partial charge >= 0.3 is 0 Å². The monoisotopic (exact) mass is 412 g/mol. The van der Waals surface area contributed by atoms with Gasteiger partial charge in [-0.3, -0.25) is 10.1 Å². The van der Waals surface area contributed by atoms with Crippen LogP contribution in [0.25, 0.3) is 0 Å². The fourth-order valence-corrected chi connectivity index (χ4v) is 3.83. The van der Waals surface area contributed by atoms with Crippen LogP contribution in [0.3, 0.4) is 0 Å². The third kappa shape index (κ3) is 6.46. The predicted octanol–water partition coefficient (Wildman–Crippen LogP) is 5.17. The maximum absolute atomic E-state index is 12.4. The van der Waals surface area contributed by atoms with Gasteiger partial charge in [-0.05, 0) is 61.0 Å². The molecule has 0 radical (unpaired) electrons. The van der Waals surface area contributed by atoms with Crippen molar-refractivity contribution in [1.82, 2.24) is 5.32 Å². The second kappa shape index (κ2) is 10.8. The van der Waals surface area contributed by atoms with Gasteiger partial charge in [-0.15, -0.1) is 0 Å². The van der Waals surface area contributed by atoms with Gasteiger partial charge in [0.2, 0.25) is 0 Å². The second-order valence-electron chi connectivity index (χ2n) is 7.27. The Balaban J connectivity index is 1.45. The summed E-state index contributed by atoms with van der Waals surface area (Å²) in [5, 5.41) is 5.92. The quantitative estimate of drug-likeness (QED) is 0.614. The summed E-state index contributed by atoms with van der Waals surface area (Å²) in [6.07, 6.45) is 7.90. The Morgan fingerprint density at radius 1 is 1.07 bits per heavy atom. The number of ether oxygens (including phenoxy) is 2. The van der Waals surface area contributed by atoms with Crippen molar-refractivity contribution in [3.8, 4) is 11.5 Å². The zero-order valence-corrected chi connectivity index (χ0v) is 17.6. The third-order valence-electron chi connectivity index (χ3n) is 5.21. The van der Waals surface area contributed by atoms with Crippen molar-refractivity contribution < 1.29 is 14.3 Å². The van der Waals surface area contributed by atoms with Crippen LogP contribution in [0.15, 0.2) is 48.5 Å². The van der Waals surface area contributed by atoms with Crippen LogP contribution in [0.2, 0.25) is 0 Å². The summed E-state index contributed by atoms with van der Waals surface area (Å²) in [5.41, 5.74) is 1.22. The summed E-state index contributed by atoms with van der Waals surface area (Å²) in [6.45, 7) is 0.755. The molecule has 2 aromatic carbocycles. The minimum atomic E-state index is -0.317. The summed E-state index contributed by atoms with van der Waals surface area (Å²) >= 11 is 5.25. The van der Waals surface area contributed by atoms with Crippen LogP contribution in [0.1, 0.15) is 48.9 Å². The molecule has 3 rings (SSSR count). The lowest BCUT2D eigenvalue weighted by Gasteiger charge is -2.21. The standard InChI is InChI=1S/C23H28N2O3S/c1-27-21-10-6-5-9-20(21)22(26)25-23(29)24-18-11-13-19(14-12-18)28-16-15-17-7-3-2-4-8-17/h5-6,9-14,17H,2-4,7-8,15-16H2,1H3,(H2,24,25,26,29). The summed E-state index contributed by atoms with van der Waals surface area (Å²) in [7, 11) is 1.53. The molecule has 5 nitrogen and oxygen atoms in total. The average Bonchev–Trinajstić information content (AvgIpc) is 2.75. The fourth-order valence-electron chi connectivity index (χ4n) is 3.62. The second-order valence-corrected chi connectivity index (χ2v) is 7.68. The van der Waals surface area contributed by atoms with Crippen molar-refractivity contribution in [2.24, 2.45) is 5.92 Å². The molecule has 2 aromatic rings. The number of rotatable bonds is 7. The Morgan fingerprint density at radius 2 is 1.79 bits per heavy atom. The number of nitrogens with one attached hydrogen (secondary N) is 2. The number of amides is 1. The molecule has 1 fully saturated rings. The lowest BCUT2D eigenvalue weighted by Crippen LogP contribution is -2.34. The SMILES string of the molecule is COc1ccccc1C(=O)NC(=S)Nc1ccc(OCCC2CCCCC2)cc1. The van der Waals surface area contributed by atoms with Crippen LogP contribution < -0.4 is 20.1 Å². The van der Waals surface area contributed by atoms with Gasteiger partial charge in [-0.2, -0.15) is 0 Å². The average molecular weight is 413 g/mol. The van der Waals surface area contributed by atoms with Crippen LogP contribution in [-0.4, -0.2) is 24.7 Å². The summed E-state index contributed by atoms with van der Waals surface area (Å²) in [6, 6.07) is 14.6. The van der Waals surface area contributed by atoms with Gasteiger partial charge in [0.25, 0.3) is 5.91 Å². The van der Waals surface area contributed by atoms with E-state index in [1.807, 2.05) is 30.3 Å². The molecular formula is C23H28N2O3S. The molecule has 0 aliphatic heterocycles. The molecule has 1 saturated carbocycles. The van der Waals surface area contributed by atoms with E-state index in [0.29, 0.717) is 11.3 Å². The molecule has 29 heavy (non-hydrogen) atoms. The van der Waals surface area contributed by atoms with Crippen LogP contribution in [0.4, 0.5) is 5.69 Å². The van der Waals surface area contributed by atoms with E-state index in [9.17, 15) is 4.79 Å². The van der Waals surface area contributed by atoms with Gasteiger partial charge in [-0.25, -0.2) is 0 Å². The smallest absolute Gasteiger partial charge is 0.261 e. The molecule has 0 atom stereocenters. The van der Waals surface area contributed by atoms with E-state index in [2.05, 4.69) is 10.6 Å². The molecule has 0 saturated heterocycles. The number of carbonyl (C=O) groups excluding carboxylic acids is 1. The van der Waals surface area contributed by atoms with E-state index in [1.54, 1.807) is 18.2 Å². The first-order valence-electron chi connectivity index (χ1n) is 10.1. The summed E-state index contributed by atoms with van der Waals surface area (Å²) in [4.78, 5) is 12.4. The lowest BCUT2D eigenvalue weighted by molar-refractivity contribution is 0.0975. The van der Waals surface area contributed by atoms with E-state index < -0.39 is 0 Å². The first-order valence-corrected chi connectivity index (χ1v) is 10.5. The Morgan fingerprint density at radius 3 is 2.52 bits per heavy atom. The van der Waals surface area contributed by atoms with Crippen LogP contribution in [0.5, 0.6) is 11.5 Å². The van der Waals surface area contributed by atoms with Crippen molar-refractivity contribution in [3.05, 3.63) is 54.1 Å². The number of methoxy groups -OCH3 is 1. The predicted molar refractivity (Wildman–Crippen MR) is 120 cm³/mol. The Labute approximate surface area is 177 Å². The van der Waals surface area contributed by atoms with Gasteiger partial charge in [0.15, 0.2) is 5.11 Å². The van der Waals surface area contributed by atoms with E-state index in [1.165, 1.54) is 39.2 Å². The van der Waals surface area contributed by atoms with E-state index in [0.717, 1.165) is 30.4 Å². The normalized spacial score (nSPS) is 14.1. The van der Waals surface area contributed by atoms with Crippen molar-refractivity contribution in [1.29, 1.82) is 0 Å². The molecule has 0 bridgehead atoms. The van der Waals surface area contributed by atoms with Gasteiger partial charge in [0.1, 0.15) is 11.5 Å². The van der Waals surface area contributed by atoms with Gasteiger partial charge < -0.3 is 14.8 Å². The fraction of sp³-hybridized carbons (Fsp3) is 0.391. The number of carbonyl (C=O) groups is 1. The van der Waals surface area contributed by atoms with Crippen molar-refractivity contribution in [3.63, 3.8) is 0 Å². The Hall–Kier alpha value is -2.60. The maximum atomic E-state index is 12.4. The highest BCUT2D eigenvalue weighted by Gasteiger charge is 2.14. The molecule has 0 heterocycles. The van der Waals surface area contributed by atoms with Crippen molar-refractivity contribution >= 4 is 28.9 Å².